The molecule has 0 aliphatic carbocycles. The van der Waals surface area contributed by atoms with Crippen LogP contribution < -0.4 is 0 Å². The highest BCUT2D eigenvalue weighted by atomic mass is 32.1. The van der Waals surface area contributed by atoms with Gasteiger partial charge in [0.05, 0.1) is 16.8 Å². The first-order valence-electron chi connectivity index (χ1n) is 6.03. The van der Waals surface area contributed by atoms with Crippen molar-refractivity contribution in [1.29, 1.82) is 0 Å². The maximum Gasteiger partial charge on any atom is 0.342 e. The van der Waals surface area contributed by atoms with E-state index in [1.165, 1.54) is 11.3 Å². The normalized spacial score (nSPS) is 11.6. The second-order valence-electron chi connectivity index (χ2n) is 4.21. The van der Waals surface area contributed by atoms with E-state index in [2.05, 4.69) is 4.98 Å². The van der Waals surface area contributed by atoms with Crippen LogP contribution in [0.4, 0.5) is 0 Å². The van der Waals surface area contributed by atoms with E-state index in [-0.39, 0.29) is 5.97 Å². The van der Waals surface area contributed by atoms with E-state index in [1.807, 2.05) is 43.3 Å². The molecule has 0 atom stereocenters. The van der Waals surface area contributed by atoms with Crippen LogP contribution in [0.5, 0.6) is 0 Å². The monoisotopic (exact) mass is 276 g/mol. The van der Waals surface area contributed by atoms with Crippen LogP contribution in [0.1, 0.15) is 11.9 Å². The Morgan fingerprint density at radius 2 is 2.16 bits per heavy atom. The van der Waals surface area contributed by atoms with Crippen molar-refractivity contribution in [2.45, 2.75) is 6.92 Å². The zero-order valence-electron chi connectivity index (χ0n) is 11.2. The number of esters is 1. The Balaban J connectivity index is 2.45. The average Bonchev–Trinajstić information content (AvgIpc) is 2.79. The number of thiazole rings is 1. The third kappa shape index (κ3) is 3.12. The van der Waals surface area contributed by atoms with Crippen LogP contribution in [-0.2, 0) is 9.53 Å². The Morgan fingerprint density at radius 1 is 1.42 bits per heavy atom. The Kier molecular flexibility index (Phi) is 4.16. The zero-order valence-corrected chi connectivity index (χ0v) is 12.0. The molecule has 0 amide bonds. The van der Waals surface area contributed by atoms with Crippen molar-refractivity contribution in [3.05, 3.63) is 35.5 Å². The first kappa shape index (κ1) is 13.5. The van der Waals surface area contributed by atoms with Gasteiger partial charge in [-0.3, -0.25) is 0 Å². The summed E-state index contributed by atoms with van der Waals surface area (Å²) in [5, 5.41) is 0.688. The molecule has 0 saturated heterocycles. The number of fused-ring (bicyclic) bond motifs is 1. The van der Waals surface area contributed by atoms with Crippen LogP contribution in [0.15, 0.2) is 30.5 Å². The molecule has 4 nitrogen and oxygen atoms in total. The fourth-order valence-electron chi connectivity index (χ4n) is 1.65. The molecule has 0 spiro atoms. The molecular formula is C14H16N2O2S. The third-order valence-electron chi connectivity index (χ3n) is 2.41. The van der Waals surface area contributed by atoms with Gasteiger partial charge in [0, 0.05) is 20.3 Å². The molecule has 19 heavy (non-hydrogen) atoms. The summed E-state index contributed by atoms with van der Waals surface area (Å²) in [6.07, 6.45) is 1.75. The Hall–Kier alpha value is -1.88. The molecule has 0 unspecified atom stereocenters. The highest BCUT2D eigenvalue weighted by Crippen LogP contribution is 2.27. The average molecular weight is 276 g/mol. The summed E-state index contributed by atoms with van der Waals surface area (Å²) in [5.74, 6) is -0.338. The number of carbonyl (C=O) groups is 1. The van der Waals surface area contributed by atoms with E-state index in [0.29, 0.717) is 17.2 Å². The molecule has 0 aliphatic rings. The first-order valence-corrected chi connectivity index (χ1v) is 6.84. The molecule has 0 N–H and O–H groups in total. The molecule has 0 bridgehead atoms. The van der Waals surface area contributed by atoms with Crippen molar-refractivity contribution in [2.75, 3.05) is 20.7 Å². The molecule has 2 aromatic rings. The fraction of sp³-hybridized carbons (Fsp3) is 0.286. The van der Waals surface area contributed by atoms with Crippen molar-refractivity contribution in [3.63, 3.8) is 0 Å². The van der Waals surface area contributed by atoms with Gasteiger partial charge in [0.2, 0.25) is 0 Å². The molecular weight excluding hydrogens is 260 g/mol. The highest BCUT2D eigenvalue weighted by Gasteiger charge is 2.18. The van der Waals surface area contributed by atoms with Gasteiger partial charge in [-0.1, -0.05) is 12.1 Å². The van der Waals surface area contributed by atoms with Crippen molar-refractivity contribution < 1.29 is 9.53 Å². The van der Waals surface area contributed by atoms with Gasteiger partial charge in [-0.05, 0) is 19.1 Å². The minimum absolute atomic E-state index is 0.338. The Labute approximate surface area is 116 Å². The number of aromatic nitrogens is 1. The zero-order chi connectivity index (χ0) is 13.8. The maximum absolute atomic E-state index is 12.0. The molecule has 100 valence electrons. The number of hydrogen-bond acceptors (Lipinski definition) is 5. The number of rotatable bonds is 4. The van der Waals surface area contributed by atoms with Crippen molar-refractivity contribution in [3.8, 4) is 0 Å². The molecule has 1 aromatic carbocycles. The summed E-state index contributed by atoms with van der Waals surface area (Å²) in [6, 6.07) is 7.83. The predicted octanol–water partition coefficient (Wildman–Crippen LogP) is 2.76. The van der Waals surface area contributed by atoms with Gasteiger partial charge >= 0.3 is 5.97 Å². The van der Waals surface area contributed by atoms with E-state index in [0.717, 1.165) is 10.2 Å². The van der Waals surface area contributed by atoms with Crippen LogP contribution in [0.3, 0.4) is 0 Å². The number of carbonyl (C=O) groups excluding carboxylic acids is 1. The van der Waals surface area contributed by atoms with E-state index >= 15 is 0 Å². The van der Waals surface area contributed by atoms with Gasteiger partial charge < -0.3 is 9.64 Å². The number of nitrogens with zero attached hydrogens (tertiary/aromatic N) is 2. The quantitative estimate of drug-likeness (QED) is 0.636. The van der Waals surface area contributed by atoms with Crippen LogP contribution >= 0.6 is 11.3 Å². The second-order valence-corrected chi connectivity index (χ2v) is 5.24. The Bertz CT molecular complexity index is 584. The minimum atomic E-state index is -0.338. The van der Waals surface area contributed by atoms with Gasteiger partial charge in [0.1, 0.15) is 10.6 Å². The molecule has 0 aliphatic heterocycles. The number of para-hydroxylation sites is 1. The van der Waals surface area contributed by atoms with Gasteiger partial charge in [-0.25, -0.2) is 9.78 Å². The standard InChI is InChI=1S/C14H16N2O2S/c1-4-18-14(17)10(9-16(2)3)13-15-11-7-5-6-8-12(11)19-13/h5-9H,4H2,1-3H3. The summed E-state index contributed by atoms with van der Waals surface area (Å²) >= 11 is 1.49. The molecule has 5 heteroatoms. The molecule has 1 aromatic heterocycles. The maximum atomic E-state index is 12.0. The SMILES string of the molecule is CCOC(=O)C(=CN(C)C)c1nc2ccccc2s1. The molecule has 0 fully saturated rings. The fourth-order valence-corrected chi connectivity index (χ4v) is 2.61. The lowest BCUT2D eigenvalue weighted by atomic mass is 10.3. The van der Waals surface area contributed by atoms with Crippen LogP contribution in [0.25, 0.3) is 15.8 Å². The van der Waals surface area contributed by atoms with E-state index in [9.17, 15) is 4.79 Å². The number of hydrogen-bond donors (Lipinski definition) is 0. The predicted molar refractivity (Wildman–Crippen MR) is 77.9 cm³/mol. The molecule has 0 saturated carbocycles. The highest BCUT2D eigenvalue weighted by molar-refractivity contribution is 7.19. The van der Waals surface area contributed by atoms with Gasteiger partial charge in [-0.2, -0.15) is 0 Å². The van der Waals surface area contributed by atoms with Gasteiger partial charge in [0.15, 0.2) is 0 Å². The topological polar surface area (TPSA) is 42.4 Å². The molecule has 0 radical (unpaired) electrons. The van der Waals surface area contributed by atoms with Gasteiger partial charge in [0.25, 0.3) is 0 Å². The summed E-state index contributed by atoms with van der Waals surface area (Å²) in [6.45, 7) is 2.15. The lowest BCUT2D eigenvalue weighted by Gasteiger charge is -2.09. The Morgan fingerprint density at radius 3 is 2.79 bits per heavy atom. The van der Waals surface area contributed by atoms with Crippen LogP contribution in [0.2, 0.25) is 0 Å². The van der Waals surface area contributed by atoms with Crippen LogP contribution in [0, 0.1) is 0 Å². The van der Waals surface area contributed by atoms with E-state index in [4.69, 9.17) is 4.74 Å². The van der Waals surface area contributed by atoms with Crippen LogP contribution in [-0.4, -0.2) is 36.6 Å². The smallest absolute Gasteiger partial charge is 0.342 e. The summed E-state index contributed by atoms with van der Waals surface area (Å²) in [5.41, 5.74) is 1.39. The van der Waals surface area contributed by atoms with Gasteiger partial charge in [-0.15, -0.1) is 11.3 Å². The van der Waals surface area contributed by atoms with Crippen molar-refractivity contribution in [1.82, 2.24) is 9.88 Å². The minimum Gasteiger partial charge on any atom is -0.462 e. The third-order valence-corrected chi connectivity index (χ3v) is 3.48. The summed E-state index contributed by atoms with van der Waals surface area (Å²) in [7, 11) is 3.74. The largest absolute Gasteiger partial charge is 0.462 e. The van der Waals surface area contributed by atoms with E-state index < -0.39 is 0 Å². The molecule has 1 heterocycles. The van der Waals surface area contributed by atoms with Crippen molar-refractivity contribution >= 4 is 33.1 Å². The second kappa shape index (κ2) is 5.84. The lowest BCUT2D eigenvalue weighted by molar-refractivity contribution is -0.136. The number of benzene rings is 1. The lowest BCUT2D eigenvalue weighted by Crippen LogP contribution is -2.11. The first-order chi connectivity index (χ1) is 9.11. The summed E-state index contributed by atoms with van der Waals surface area (Å²) < 4.78 is 6.15. The van der Waals surface area contributed by atoms with E-state index in [1.54, 1.807) is 13.1 Å². The number of ether oxygens (including phenoxy) is 1. The molecule has 2 rings (SSSR count). The van der Waals surface area contributed by atoms with Crippen molar-refractivity contribution in [2.24, 2.45) is 0 Å². The summed E-state index contributed by atoms with van der Waals surface area (Å²) in [4.78, 5) is 18.3.